The monoisotopic (exact) mass is 192 g/mol. The Morgan fingerprint density at radius 1 is 1.57 bits per heavy atom. The van der Waals surface area contributed by atoms with Gasteiger partial charge >= 0.3 is 0 Å². The van der Waals surface area contributed by atoms with Crippen molar-refractivity contribution in [3.63, 3.8) is 0 Å². The first kappa shape index (κ1) is 9.34. The Bertz CT molecular complexity index is 341. The zero-order valence-corrected chi connectivity index (χ0v) is 8.38. The molecule has 2 rings (SSSR count). The lowest BCUT2D eigenvalue weighted by atomic mass is 10.2. The van der Waals surface area contributed by atoms with E-state index in [0.29, 0.717) is 0 Å². The van der Waals surface area contributed by atoms with Crippen LogP contribution in [-0.2, 0) is 6.42 Å². The van der Waals surface area contributed by atoms with Crippen LogP contribution in [0, 0.1) is 0 Å². The number of aromatic amines is 1. The van der Waals surface area contributed by atoms with Crippen LogP contribution >= 0.6 is 0 Å². The number of aliphatic hydroxyl groups excluding tert-OH is 1. The number of aliphatic hydroxyl groups is 1. The molecule has 14 heavy (non-hydrogen) atoms. The molecule has 3 N–H and O–H groups in total. The quantitative estimate of drug-likeness (QED) is 0.667. The first-order chi connectivity index (χ1) is 6.78. The zero-order valence-electron chi connectivity index (χ0n) is 8.38. The summed E-state index contributed by atoms with van der Waals surface area (Å²) in [4.78, 5) is 3.31. The van der Waals surface area contributed by atoms with Crippen LogP contribution in [0.25, 0.3) is 6.08 Å². The van der Waals surface area contributed by atoms with E-state index in [2.05, 4.69) is 35.4 Å². The van der Waals surface area contributed by atoms with Crippen molar-refractivity contribution in [3.05, 3.63) is 29.2 Å². The zero-order chi connectivity index (χ0) is 9.97. The Kier molecular flexibility index (Phi) is 2.59. The highest BCUT2D eigenvalue weighted by Gasteiger charge is 2.14. The van der Waals surface area contributed by atoms with Crippen molar-refractivity contribution in [1.29, 1.82) is 0 Å². The average molecular weight is 192 g/mol. The maximum absolute atomic E-state index is 9.27. The molecule has 1 atom stereocenters. The number of hydrogen-bond acceptors (Lipinski definition) is 2. The Labute approximate surface area is 83.8 Å². The van der Waals surface area contributed by atoms with Gasteiger partial charge in [0.25, 0.3) is 0 Å². The molecule has 2 heterocycles. The third-order valence-electron chi connectivity index (χ3n) is 2.52. The van der Waals surface area contributed by atoms with Gasteiger partial charge in [0.1, 0.15) is 6.23 Å². The van der Waals surface area contributed by atoms with Crippen molar-refractivity contribution < 1.29 is 5.11 Å². The van der Waals surface area contributed by atoms with E-state index in [1.54, 1.807) is 0 Å². The van der Waals surface area contributed by atoms with Crippen LogP contribution in [0.3, 0.4) is 0 Å². The molecule has 0 aliphatic carbocycles. The molecule has 0 bridgehead atoms. The molecule has 1 aliphatic heterocycles. The Morgan fingerprint density at radius 3 is 3.00 bits per heavy atom. The Morgan fingerprint density at radius 2 is 2.43 bits per heavy atom. The van der Waals surface area contributed by atoms with Crippen LogP contribution in [0.2, 0.25) is 0 Å². The minimum atomic E-state index is -0.359. The standard InChI is InChI=1S/C11H16N2O/c1-2-8-3-4-9(12-8)7-10-5-6-11(14)13-10/h3-4,7,11-14H,2,5-6H2,1H3/b10-7+. The van der Waals surface area contributed by atoms with E-state index in [-0.39, 0.29) is 6.23 Å². The molecular weight excluding hydrogens is 176 g/mol. The number of hydrogen-bond donors (Lipinski definition) is 3. The topological polar surface area (TPSA) is 48.0 Å². The Balaban J connectivity index is 2.09. The van der Waals surface area contributed by atoms with Crippen molar-refractivity contribution in [1.82, 2.24) is 10.3 Å². The molecule has 0 radical (unpaired) electrons. The molecule has 1 unspecified atom stereocenters. The van der Waals surface area contributed by atoms with Crippen LogP contribution in [0.5, 0.6) is 0 Å². The first-order valence-corrected chi connectivity index (χ1v) is 5.11. The van der Waals surface area contributed by atoms with Gasteiger partial charge in [-0.25, -0.2) is 0 Å². The summed E-state index contributed by atoms with van der Waals surface area (Å²) in [6, 6.07) is 4.16. The fourth-order valence-electron chi connectivity index (χ4n) is 1.70. The van der Waals surface area contributed by atoms with Gasteiger partial charge in [-0.15, -0.1) is 0 Å². The number of H-pyrrole nitrogens is 1. The summed E-state index contributed by atoms with van der Waals surface area (Å²) in [6.07, 6.45) is 4.48. The van der Waals surface area contributed by atoms with Gasteiger partial charge in [-0.1, -0.05) is 6.92 Å². The van der Waals surface area contributed by atoms with E-state index in [0.717, 1.165) is 30.7 Å². The Hall–Kier alpha value is -1.22. The molecule has 1 aliphatic rings. The highest BCUT2D eigenvalue weighted by molar-refractivity contribution is 5.49. The number of rotatable bonds is 2. The molecule has 0 saturated carbocycles. The maximum atomic E-state index is 9.27. The van der Waals surface area contributed by atoms with Gasteiger partial charge in [0.05, 0.1) is 0 Å². The van der Waals surface area contributed by atoms with Gasteiger partial charge < -0.3 is 15.4 Å². The minimum absolute atomic E-state index is 0.359. The van der Waals surface area contributed by atoms with E-state index < -0.39 is 0 Å². The average Bonchev–Trinajstić information content (AvgIpc) is 2.76. The second-order valence-corrected chi connectivity index (χ2v) is 3.66. The third-order valence-corrected chi connectivity index (χ3v) is 2.52. The molecular formula is C11H16N2O. The molecule has 1 fully saturated rings. The highest BCUT2D eigenvalue weighted by Crippen LogP contribution is 2.16. The highest BCUT2D eigenvalue weighted by atomic mass is 16.3. The normalized spacial score (nSPS) is 24.1. The fourth-order valence-corrected chi connectivity index (χ4v) is 1.70. The van der Waals surface area contributed by atoms with Crippen LogP contribution in [-0.4, -0.2) is 16.3 Å². The van der Waals surface area contributed by atoms with Crippen molar-refractivity contribution in [2.45, 2.75) is 32.4 Å². The molecule has 0 aromatic carbocycles. The predicted molar refractivity (Wildman–Crippen MR) is 56.5 cm³/mol. The summed E-state index contributed by atoms with van der Waals surface area (Å²) in [5.74, 6) is 0. The van der Waals surface area contributed by atoms with Crippen LogP contribution in [0.4, 0.5) is 0 Å². The van der Waals surface area contributed by atoms with E-state index >= 15 is 0 Å². The first-order valence-electron chi connectivity index (χ1n) is 5.11. The van der Waals surface area contributed by atoms with Crippen LogP contribution < -0.4 is 5.32 Å². The van der Waals surface area contributed by atoms with Crippen molar-refractivity contribution in [2.75, 3.05) is 0 Å². The molecule has 0 spiro atoms. The second-order valence-electron chi connectivity index (χ2n) is 3.66. The minimum Gasteiger partial charge on any atom is -0.374 e. The maximum Gasteiger partial charge on any atom is 0.124 e. The van der Waals surface area contributed by atoms with Crippen molar-refractivity contribution >= 4 is 6.08 Å². The molecule has 1 saturated heterocycles. The molecule has 76 valence electrons. The van der Waals surface area contributed by atoms with Crippen LogP contribution in [0.15, 0.2) is 17.8 Å². The van der Waals surface area contributed by atoms with Crippen molar-refractivity contribution in [2.24, 2.45) is 0 Å². The van der Waals surface area contributed by atoms with Gasteiger partial charge in [0.2, 0.25) is 0 Å². The summed E-state index contributed by atoms with van der Waals surface area (Å²) in [7, 11) is 0. The van der Waals surface area contributed by atoms with Crippen molar-refractivity contribution in [3.8, 4) is 0 Å². The lowest BCUT2D eigenvalue weighted by Gasteiger charge is -2.01. The molecule has 3 nitrogen and oxygen atoms in total. The van der Waals surface area contributed by atoms with Gasteiger partial charge in [-0.2, -0.15) is 0 Å². The molecule has 1 aromatic heterocycles. The van der Waals surface area contributed by atoms with Gasteiger partial charge in [0.15, 0.2) is 0 Å². The summed E-state index contributed by atoms with van der Waals surface area (Å²) >= 11 is 0. The predicted octanol–water partition coefficient (Wildman–Crippen LogP) is 1.62. The SMILES string of the molecule is CCc1ccc(/C=C2\CCC(O)N2)[nH]1. The third kappa shape index (κ3) is 1.99. The number of aromatic nitrogens is 1. The fraction of sp³-hybridized carbons (Fsp3) is 0.455. The van der Waals surface area contributed by atoms with E-state index in [9.17, 15) is 5.11 Å². The van der Waals surface area contributed by atoms with Crippen LogP contribution in [0.1, 0.15) is 31.2 Å². The number of nitrogens with one attached hydrogen (secondary N) is 2. The summed E-state index contributed by atoms with van der Waals surface area (Å²) < 4.78 is 0. The smallest absolute Gasteiger partial charge is 0.124 e. The lowest BCUT2D eigenvalue weighted by molar-refractivity contribution is 0.164. The van der Waals surface area contributed by atoms with E-state index in [4.69, 9.17) is 0 Å². The van der Waals surface area contributed by atoms with E-state index in [1.165, 1.54) is 5.69 Å². The van der Waals surface area contributed by atoms with Gasteiger partial charge in [-0.3, -0.25) is 0 Å². The lowest BCUT2D eigenvalue weighted by Crippen LogP contribution is -2.18. The molecule has 0 amide bonds. The summed E-state index contributed by atoms with van der Waals surface area (Å²) in [6.45, 7) is 2.13. The van der Waals surface area contributed by atoms with Gasteiger partial charge in [-0.05, 0) is 37.5 Å². The number of allylic oxidation sites excluding steroid dienone is 1. The molecule has 1 aromatic rings. The molecule has 3 heteroatoms. The van der Waals surface area contributed by atoms with E-state index in [1.807, 2.05) is 0 Å². The summed E-state index contributed by atoms with van der Waals surface area (Å²) in [5.41, 5.74) is 3.47. The summed E-state index contributed by atoms with van der Waals surface area (Å²) in [5, 5.41) is 12.3. The number of aryl methyl sites for hydroxylation is 1. The second kappa shape index (κ2) is 3.88. The van der Waals surface area contributed by atoms with Gasteiger partial charge in [0, 0.05) is 17.1 Å². The largest absolute Gasteiger partial charge is 0.374 e.